The Morgan fingerprint density at radius 2 is 2.14 bits per heavy atom. The van der Waals surface area contributed by atoms with Crippen molar-refractivity contribution in [2.75, 3.05) is 19.8 Å². The number of carbonyl (C=O) groups is 2. The van der Waals surface area contributed by atoms with E-state index in [1.54, 1.807) is 24.4 Å². The largest absolute Gasteiger partial charge is 0.480 e. The van der Waals surface area contributed by atoms with Gasteiger partial charge in [-0.05, 0) is 31.1 Å². The molecule has 0 radical (unpaired) electrons. The number of carboxylic acid groups (broad SMARTS) is 1. The maximum absolute atomic E-state index is 12.3. The molecule has 1 aliphatic heterocycles. The second-order valence-electron chi connectivity index (χ2n) is 4.79. The Kier molecular flexibility index (Phi) is 5.45. The third-order valence-corrected chi connectivity index (χ3v) is 3.30. The third-order valence-electron chi connectivity index (χ3n) is 3.30. The van der Waals surface area contributed by atoms with Crippen molar-refractivity contribution in [2.45, 2.75) is 18.9 Å². The SMILES string of the molecule is O=C(O)CN(C(=O)/C=C/c1ccccn1)C1CCOCC1. The van der Waals surface area contributed by atoms with Gasteiger partial charge in [0.1, 0.15) is 6.54 Å². The van der Waals surface area contributed by atoms with E-state index < -0.39 is 5.97 Å². The van der Waals surface area contributed by atoms with Crippen molar-refractivity contribution < 1.29 is 19.4 Å². The molecule has 1 saturated heterocycles. The Morgan fingerprint density at radius 3 is 2.76 bits per heavy atom. The normalized spacial score (nSPS) is 16.0. The Bertz CT molecular complexity index is 510. The van der Waals surface area contributed by atoms with Gasteiger partial charge in [-0.15, -0.1) is 0 Å². The summed E-state index contributed by atoms with van der Waals surface area (Å²) in [7, 11) is 0. The van der Waals surface area contributed by atoms with Crippen molar-refractivity contribution in [1.82, 2.24) is 9.88 Å². The average molecular weight is 290 g/mol. The van der Waals surface area contributed by atoms with Gasteiger partial charge in [0.25, 0.3) is 0 Å². The number of hydrogen-bond acceptors (Lipinski definition) is 4. The fourth-order valence-electron chi connectivity index (χ4n) is 2.26. The van der Waals surface area contributed by atoms with E-state index in [9.17, 15) is 9.59 Å². The van der Waals surface area contributed by atoms with Gasteiger partial charge in [-0.3, -0.25) is 14.6 Å². The fraction of sp³-hybridized carbons (Fsp3) is 0.400. The molecule has 0 unspecified atom stereocenters. The number of nitrogens with zero attached hydrogens (tertiary/aromatic N) is 2. The molecule has 0 saturated carbocycles. The van der Waals surface area contributed by atoms with Crippen LogP contribution < -0.4 is 0 Å². The van der Waals surface area contributed by atoms with Crippen LogP contribution in [0.2, 0.25) is 0 Å². The lowest BCUT2D eigenvalue weighted by molar-refractivity contribution is -0.145. The number of amides is 1. The maximum atomic E-state index is 12.3. The van der Waals surface area contributed by atoms with Crippen molar-refractivity contribution in [3.63, 3.8) is 0 Å². The first-order valence-corrected chi connectivity index (χ1v) is 6.86. The van der Waals surface area contributed by atoms with E-state index in [2.05, 4.69) is 4.98 Å². The summed E-state index contributed by atoms with van der Waals surface area (Å²) in [6.45, 7) is 0.812. The smallest absolute Gasteiger partial charge is 0.323 e. The summed E-state index contributed by atoms with van der Waals surface area (Å²) in [5.41, 5.74) is 0.660. The number of pyridine rings is 1. The minimum Gasteiger partial charge on any atom is -0.480 e. The minimum atomic E-state index is -1.01. The third kappa shape index (κ3) is 4.68. The summed E-state index contributed by atoms with van der Waals surface area (Å²) < 4.78 is 5.25. The van der Waals surface area contributed by atoms with E-state index in [0.717, 1.165) is 0 Å². The highest BCUT2D eigenvalue weighted by Gasteiger charge is 2.26. The van der Waals surface area contributed by atoms with Crippen LogP contribution >= 0.6 is 0 Å². The molecule has 0 aromatic carbocycles. The highest BCUT2D eigenvalue weighted by molar-refractivity contribution is 5.93. The Hall–Kier alpha value is -2.21. The Labute approximate surface area is 123 Å². The summed E-state index contributed by atoms with van der Waals surface area (Å²) in [4.78, 5) is 28.7. The maximum Gasteiger partial charge on any atom is 0.323 e. The molecule has 2 rings (SSSR count). The van der Waals surface area contributed by atoms with E-state index in [4.69, 9.17) is 9.84 Å². The van der Waals surface area contributed by atoms with E-state index in [1.165, 1.54) is 11.0 Å². The lowest BCUT2D eigenvalue weighted by Gasteiger charge is -2.32. The zero-order valence-corrected chi connectivity index (χ0v) is 11.6. The van der Waals surface area contributed by atoms with Crippen molar-refractivity contribution in [3.05, 3.63) is 36.2 Å². The Balaban J connectivity index is 2.06. The molecule has 21 heavy (non-hydrogen) atoms. The van der Waals surface area contributed by atoms with Crippen molar-refractivity contribution >= 4 is 18.0 Å². The van der Waals surface area contributed by atoms with Gasteiger partial charge in [0, 0.05) is 31.5 Å². The summed E-state index contributed by atoms with van der Waals surface area (Å²) in [6.07, 6.45) is 5.93. The molecule has 1 N–H and O–H groups in total. The van der Waals surface area contributed by atoms with Crippen molar-refractivity contribution in [2.24, 2.45) is 0 Å². The van der Waals surface area contributed by atoms with Gasteiger partial charge in [0.2, 0.25) is 5.91 Å². The van der Waals surface area contributed by atoms with E-state index >= 15 is 0 Å². The van der Waals surface area contributed by atoms with E-state index in [-0.39, 0.29) is 18.5 Å². The molecule has 112 valence electrons. The highest BCUT2D eigenvalue weighted by Crippen LogP contribution is 2.15. The number of carboxylic acids is 1. The molecule has 6 heteroatoms. The van der Waals surface area contributed by atoms with Gasteiger partial charge < -0.3 is 14.7 Å². The molecular formula is C15H18N2O4. The predicted octanol–water partition coefficient (Wildman–Crippen LogP) is 1.19. The van der Waals surface area contributed by atoms with Crippen molar-refractivity contribution in [3.8, 4) is 0 Å². The van der Waals surface area contributed by atoms with Crippen LogP contribution in [-0.4, -0.2) is 52.7 Å². The molecule has 0 atom stereocenters. The first-order valence-electron chi connectivity index (χ1n) is 6.86. The van der Waals surface area contributed by atoms with Crippen LogP contribution in [0.1, 0.15) is 18.5 Å². The molecule has 0 aliphatic carbocycles. The fourth-order valence-corrected chi connectivity index (χ4v) is 2.26. The molecular weight excluding hydrogens is 272 g/mol. The average Bonchev–Trinajstić information content (AvgIpc) is 2.52. The molecule has 1 aliphatic rings. The summed E-state index contributed by atoms with van der Waals surface area (Å²) in [6, 6.07) is 5.30. The predicted molar refractivity (Wildman–Crippen MR) is 76.5 cm³/mol. The van der Waals surface area contributed by atoms with Crippen LogP contribution in [0.5, 0.6) is 0 Å². The Morgan fingerprint density at radius 1 is 1.38 bits per heavy atom. The first-order chi connectivity index (χ1) is 10.2. The van der Waals surface area contributed by atoms with Crippen LogP contribution in [-0.2, 0) is 14.3 Å². The molecule has 2 heterocycles. The van der Waals surface area contributed by atoms with E-state index in [0.29, 0.717) is 31.7 Å². The molecule has 6 nitrogen and oxygen atoms in total. The first kappa shape index (κ1) is 15.2. The van der Waals surface area contributed by atoms with Gasteiger partial charge >= 0.3 is 5.97 Å². The van der Waals surface area contributed by atoms with Gasteiger partial charge in [0.05, 0.1) is 5.69 Å². The summed E-state index contributed by atoms with van der Waals surface area (Å²) in [5, 5.41) is 8.99. The van der Waals surface area contributed by atoms with Gasteiger partial charge in [0.15, 0.2) is 0 Å². The van der Waals surface area contributed by atoms with Gasteiger partial charge in [-0.1, -0.05) is 6.07 Å². The van der Waals surface area contributed by atoms with Crippen LogP contribution in [0.3, 0.4) is 0 Å². The number of hydrogen-bond donors (Lipinski definition) is 1. The van der Waals surface area contributed by atoms with Crippen molar-refractivity contribution in [1.29, 1.82) is 0 Å². The summed E-state index contributed by atoms with van der Waals surface area (Å²) >= 11 is 0. The highest BCUT2D eigenvalue weighted by atomic mass is 16.5. The number of rotatable bonds is 5. The van der Waals surface area contributed by atoms with E-state index in [1.807, 2.05) is 6.07 Å². The minimum absolute atomic E-state index is 0.0873. The van der Waals surface area contributed by atoms with Crippen LogP contribution in [0.25, 0.3) is 6.08 Å². The second-order valence-corrected chi connectivity index (χ2v) is 4.79. The topological polar surface area (TPSA) is 79.7 Å². The molecule has 0 bridgehead atoms. The zero-order valence-electron chi connectivity index (χ0n) is 11.6. The number of carbonyl (C=O) groups excluding carboxylic acids is 1. The van der Waals surface area contributed by atoms with Crippen LogP contribution in [0.4, 0.5) is 0 Å². The summed E-state index contributed by atoms with van der Waals surface area (Å²) in [5.74, 6) is -1.32. The molecule has 0 spiro atoms. The number of aliphatic carboxylic acids is 1. The number of ether oxygens (including phenoxy) is 1. The molecule has 1 aromatic heterocycles. The lowest BCUT2D eigenvalue weighted by atomic mass is 10.1. The van der Waals surface area contributed by atoms with Crippen LogP contribution in [0, 0.1) is 0 Å². The second kappa shape index (κ2) is 7.54. The lowest BCUT2D eigenvalue weighted by Crippen LogP contribution is -2.45. The molecule has 1 fully saturated rings. The van der Waals surface area contributed by atoms with Gasteiger partial charge in [-0.25, -0.2) is 0 Å². The number of aromatic nitrogens is 1. The molecule has 1 amide bonds. The van der Waals surface area contributed by atoms with Crippen LogP contribution in [0.15, 0.2) is 30.5 Å². The monoisotopic (exact) mass is 290 g/mol. The standard InChI is InChI=1S/C15H18N2O4/c18-14(5-4-12-3-1-2-8-16-12)17(11-15(19)20)13-6-9-21-10-7-13/h1-5,8,13H,6-7,9-11H2,(H,19,20)/b5-4+. The quantitative estimate of drug-likeness (QED) is 0.824. The van der Waals surface area contributed by atoms with Gasteiger partial charge in [-0.2, -0.15) is 0 Å². The zero-order chi connectivity index (χ0) is 15.1. The molecule has 1 aromatic rings.